The summed E-state index contributed by atoms with van der Waals surface area (Å²) in [6, 6.07) is 0.0899. The van der Waals surface area contributed by atoms with Crippen LogP contribution in [0.3, 0.4) is 0 Å². The van der Waals surface area contributed by atoms with Crippen molar-refractivity contribution in [2.45, 2.75) is 70.9 Å². The Morgan fingerprint density at radius 1 is 1.30 bits per heavy atom. The van der Waals surface area contributed by atoms with Gasteiger partial charge in [-0.05, 0) is 39.0 Å². The summed E-state index contributed by atoms with van der Waals surface area (Å²) in [5, 5.41) is 11.8. The van der Waals surface area contributed by atoms with Crippen LogP contribution in [0.4, 0.5) is 0 Å². The quantitative estimate of drug-likeness (QED) is 0.717. The van der Waals surface area contributed by atoms with E-state index >= 15 is 0 Å². The minimum atomic E-state index is -0.754. The molecule has 1 heterocycles. The molecule has 1 saturated heterocycles. The van der Waals surface area contributed by atoms with Gasteiger partial charge in [-0.2, -0.15) is 0 Å². The van der Waals surface area contributed by atoms with Gasteiger partial charge in [-0.1, -0.05) is 13.3 Å². The molecule has 5 nitrogen and oxygen atoms in total. The standard InChI is InChI=1S/C15H27NO4/c1-11(15(18)19)6-5-7-12(2)16-14(17)10-13-8-3-4-9-20-13/h11-13H,3-10H2,1-2H3,(H,16,17)(H,18,19). The molecular weight excluding hydrogens is 258 g/mol. The Balaban J connectivity index is 2.12. The van der Waals surface area contributed by atoms with Crippen molar-refractivity contribution in [3.05, 3.63) is 0 Å². The molecule has 0 saturated carbocycles. The predicted molar refractivity (Wildman–Crippen MR) is 76.5 cm³/mol. The van der Waals surface area contributed by atoms with E-state index in [1.165, 1.54) is 0 Å². The Labute approximate surface area is 121 Å². The number of carboxylic acid groups (broad SMARTS) is 1. The Hall–Kier alpha value is -1.10. The summed E-state index contributed by atoms with van der Waals surface area (Å²) < 4.78 is 5.54. The predicted octanol–water partition coefficient (Wildman–Crippen LogP) is 2.34. The number of ether oxygens (including phenoxy) is 1. The van der Waals surface area contributed by atoms with Gasteiger partial charge in [0.25, 0.3) is 0 Å². The first-order chi connectivity index (χ1) is 9.49. The van der Waals surface area contributed by atoms with E-state index in [2.05, 4.69) is 5.32 Å². The van der Waals surface area contributed by atoms with Crippen LogP contribution in [0.25, 0.3) is 0 Å². The van der Waals surface area contributed by atoms with Crippen molar-refractivity contribution in [1.82, 2.24) is 5.32 Å². The van der Waals surface area contributed by atoms with Gasteiger partial charge in [0.05, 0.1) is 18.4 Å². The van der Waals surface area contributed by atoms with Crippen LogP contribution >= 0.6 is 0 Å². The maximum atomic E-state index is 11.8. The van der Waals surface area contributed by atoms with Gasteiger partial charge in [-0.25, -0.2) is 0 Å². The number of rotatable bonds is 8. The minimum Gasteiger partial charge on any atom is -0.481 e. The Bertz CT molecular complexity index is 313. The second-order valence-corrected chi connectivity index (χ2v) is 5.83. The van der Waals surface area contributed by atoms with Gasteiger partial charge >= 0.3 is 5.97 Å². The zero-order valence-corrected chi connectivity index (χ0v) is 12.6. The maximum Gasteiger partial charge on any atom is 0.306 e. The molecule has 0 radical (unpaired) electrons. The average Bonchev–Trinajstić information content (AvgIpc) is 2.39. The first-order valence-electron chi connectivity index (χ1n) is 7.62. The van der Waals surface area contributed by atoms with Gasteiger partial charge in [0, 0.05) is 12.6 Å². The molecule has 3 unspecified atom stereocenters. The number of hydrogen-bond acceptors (Lipinski definition) is 3. The minimum absolute atomic E-state index is 0.0377. The molecule has 1 rings (SSSR count). The highest BCUT2D eigenvalue weighted by Gasteiger charge is 2.18. The van der Waals surface area contributed by atoms with Crippen molar-refractivity contribution < 1.29 is 19.4 Å². The van der Waals surface area contributed by atoms with Gasteiger partial charge in [0.2, 0.25) is 5.91 Å². The normalized spacial score (nSPS) is 22.0. The molecule has 0 aromatic carbocycles. The fraction of sp³-hybridized carbons (Fsp3) is 0.867. The lowest BCUT2D eigenvalue weighted by molar-refractivity contribution is -0.141. The highest BCUT2D eigenvalue weighted by atomic mass is 16.5. The van der Waals surface area contributed by atoms with E-state index in [4.69, 9.17) is 9.84 Å². The fourth-order valence-electron chi connectivity index (χ4n) is 2.43. The zero-order valence-electron chi connectivity index (χ0n) is 12.6. The largest absolute Gasteiger partial charge is 0.481 e. The van der Waals surface area contributed by atoms with Crippen molar-refractivity contribution in [2.24, 2.45) is 5.92 Å². The smallest absolute Gasteiger partial charge is 0.306 e. The number of carbonyl (C=O) groups excluding carboxylic acids is 1. The van der Waals surface area contributed by atoms with E-state index in [0.717, 1.165) is 38.7 Å². The molecule has 1 aliphatic heterocycles. The van der Waals surface area contributed by atoms with E-state index in [1.54, 1.807) is 6.92 Å². The summed E-state index contributed by atoms with van der Waals surface area (Å²) in [6.07, 6.45) is 6.00. The first kappa shape index (κ1) is 17.0. The number of nitrogens with one attached hydrogen (secondary N) is 1. The lowest BCUT2D eigenvalue weighted by atomic mass is 10.0. The topological polar surface area (TPSA) is 75.6 Å². The molecule has 1 fully saturated rings. The van der Waals surface area contributed by atoms with E-state index in [0.29, 0.717) is 12.8 Å². The van der Waals surface area contributed by atoms with Crippen LogP contribution in [-0.2, 0) is 14.3 Å². The molecule has 5 heteroatoms. The van der Waals surface area contributed by atoms with Crippen LogP contribution in [0, 0.1) is 5.92 Å². The molecule has 3 atom stereocenters. The second-order valence-electron chi connectivity index (χ2n) is 5.83. The number of amides is 1. The van der Waals surface area contributed by atoms with Crippen molar-refractivity contribution in [2.75, 3.05) is 6.61 Å². The highest BCUT2D eigenvalue weighted by Crippen LogP contribution is 2.15. The number of carbonyl (C=O) groups is 2. The summed E-state index contributed by atoms with van der Waals surface area (Å²) >= 11 is 0. The van der Waals surface area contributed by atoms with Crippen LogP contribution in [0.2, 0.25) is 0 Å². The Kier molecular flexibility index (Phi) is 7.59. The Morgan fingerprint density at radius 3 is 2.65 bits per heavy atom. The van der Waals surface area contributed by atoms with Gasteiger partial charge in [-0.3, -0.25) is 9.59 Å². The molecule has 0 aliphatic carbocycles. The highest BCUT2D eigenvalue weighted by molar-refractivity contribution is 5.76. The summed E-state index contributed by atoms with van der Waals surface area (Å²) in [5.74, 6) is -1.03. The monoisotopic (exact) mass is 285 g/mol. The molecule has 0 spiro atoms. The second kappa shape index (κ2) is 8.95. The van der Waals surface area contributed by atoms with Gasteiger partial charge in [-0.15, -0.1) is 0 Å². The number of aliphatic carboxylic acids is 1. The molecule has 2 N–H and O–H groups in total. The van der Waals surface area contributed by atoms with Crippen molar-refractivity contribution in [1.29, 1.82) is 0 Å². The molecule has 1 aliphatic rings. The van der Waals surface area contributed by atoms with Crippen LogP contribution in [-0.4, -0.2) is 35.7 Å². The van der Waals surface area contributed by atoms with Crippen molar-refractivity contribution in [3.63, 3.8) is 0 Å². The van der Waals surface area contributed by atoms with Crippen LogP contribution < -0.4 is 5.32 Å². The molecule has 1 amide bonds. The van der Waals surface area contributed by atoms with Crippen molar-refractivity contribution >= 4 is 11.9 Å². The zero-order chi connectivity index (χ0) is 15.0. The number of hydrogen-bond donors (Lipinski definition) is 2. The summed E-state index contributed by atoms with van der Waals surface area (Å²) in [7, 11) is 0. The molecule has 0 aromatic rings. The Morgan fingerprint density at radius 2 is 2.05 bits per heavy atom. The van der Waals surface area contributed by atoms with Gasteiger partial charge in [0.15, 0.2) is 0 Å². The number of carboxylic acids is 1. The van der Waals surface area contributed by atoms with Gasteiger partial charge < -0.3 is 15.2 Å². The SMILES string of the molecule is CC(CCCC(C)C(=O)O)NC(=O)CC1CCCCO1. The van der Waals surface area contributed by atoms with Crippen LogP contribution in [0.5, 0.6) is 0 Å². The molecule has 0 bridgehead atoms. The lowest BCUT2D eigenvalue weighted by Gasteiger charge is -2.23. The molecular formula is C15H27NO4. The van der Waals surface area contributed by atoms with E-state index < -0.39 is 5.97 Å². The van der Waals surface area contributed by atoms with Crippen molar-refractivity contribution in [3.8, 4) is 0 Å². The first-order valence-corrected chi connectivity index (χ1v) is 7.62. The average molecular weight is 285 g/mol. The van der Waals surface area contributed by atoms with E-state index in [9.17, 15) is 9.59 Å². The third-order valence-electron chi connectivity index (χ3n) is 3.79. The molecule has 0 aromatic heterocycles. The third-order valence-corrected chi connectivity index (χ3v) is 3.79. The van der Waals surface area contributed by atoms with E-state index in [1.807, 2.05) is 6.92 Å². The molecule has 20 heavy (non-hydrogen) atoms. The van der Waals surface area contributed by atoms with Gasteiger partial charge in [0.1, 0.15) is 0 Å². The summed E-state index contributed by atoms with van der Waals surface area (Å²) in [5.41, 5.74) is 0. The fourth-order valence-corrected chi connectivity index (χ4v) is 2.43. The molecule has 116 valence electrons. The van der Waals surface area contributed by atoms with Crippen LogP contribution in [0.15, 0.2) is 0 Å². The van der Waals surface area contributed by atoms with Crippen LogP contribution in [0.1, 0.15) is 58.8 Å². The maximum absolute atomic E-state index is 11.8. The third kappa shape index (κ3) is 6.89. The summed E-state index contributed by atoms with van der Waals surface area (Å²) in [4.78, 5) is 22.5. The lowest BCUT2D eigenvalue weighted by Crippen LogP contribution is -2.36. The van der Waals surface area contributed by atoms with E-state index in [-0.39, 0.29) is 24.0 Å². The summed E-state index contributed by atoms with van der Waals surface area (Å²) in [6.45, 7) is 4.44.